The Bertz CT molecular complexity index is 483. The molecule has 0 saturated heterocycles. The van der Waals surface area contributed by atoms with Crippen LogP contribution in [0.1, 0.15) is 33.4 Å². The highest BCUT2D eigenvalue weighted by Gasteiger charge is 2.23. The van der Waals surface area contributed by atoms with Crippen LogP contribution >= 0.6 is 18.9 Å². The van der Waals surface area contributed by atoms with Gasteiger partial charge in [-0.25, -0.2) is 0 Å². The largest absolute Gasteiger partial charge is 0.357 e. The summed E-state index contributed by atoms with van der Waals surface area (Å²) < 4.78 is 11.4. The lowest BCUT2D eigenvalue weighted by atomic mass is 10.3. The van der Waals surface area contributed by atoms with E-state index < -0.39 is 6.64 Å². The van der Waals surface area contributed by atoms with Crippen molar-refractivity contribution >= 4 is 35.8 Å². The van der Waals surface area contributed by atoms with Gasteiger partial charge in [0.05, 0.1) is 24.4 Å². The molecule has 2 N–H and O–H groups in total. The zero-order valence-corrected chi connectivity index (χ0v) is 15.2. The van der Waals surface area contributed by atoms with E-state index in [4.69, 9.17) is 33.1 Å². The second-order valence-electron chi connectivity index (χ2n) is 4.92. The van der Waals surface area contributed by atoms with Crippen LogP contribution in [0, 0.1) is 0 Å². The summed E-state index contributed by atoms with van der Waals surface area (Å²) in [5.74, 6) is 0. The molecule has 8 heteroatoms. The monoisotopic (exact) mass is 347 g/mol. The highest BCUT2D eigenvalue weighted by molar-refractivity contribution is 8.09. The Morgan fingerprint density at radius 3 is 2.33 bits per heavy atom. The van der Waals surface area contributed by atoms with Crippen molar-refractivity contribution in [1.82, 2.24) is 15.4 Å². The van der Waals surface area contributed by atoms with E-state index in [1.54, 1.807) is 6.20 Å². The average molecular weight is 347 g/mol. The third kappa shape index (κ3) is 7.83. The Balaban J connectivity index is 2.57. The summed E-state index contributed by atoms with van der Waals surface area (Å²) in [7, 11) is 0. The fourth-order valence-electron chi connectivity index (χ4n) is 1.47. The Morgan fingerprint density at radius 2 is 1.86 bits per heavy atom. The third-order valence-corrected chi connectivity index (χ3v) is 5.18. The summed E-state index contributed by atoms with van der Waals surface area (Å²) in [6.45, 7) is 5.52. The molecule has 5 nitrogen and oxygen atoms in total. The zero-order chi connectivity index (χ0) is 15.9. The minimum absolute atomic E-state index is 0.0410. The Kier molecular flexibility index (Phi) is 7.70. The van der Waals surface area contributed by atoms with E-state index in [1.165, 1.54) is 0 Å². The van der Waals surface area contributed by atoms with Gasteiger partial charge in [-0.05, 0) is 63.9 Å². The van der Waals surface area contributed by atoms with E-state index in [9.17, 15) is 0 Å². The minimum Gasteiger partial charge on any atom is -0.357 e. The van der Waals surface area contributed by atoms with Gasteiger partial charge in [0.15, 0.2) is 5.11 Å². The molecule has 0 saturated carbocycles. The lowest BCUT2D eigenvalue weighted by Gasteiger charge is -2.27. The molecule has 1 aromatic rings. The van der Waals surface area contributed by atoms with Crippen LogP contribution in [0.25, 0.3) is 0 Å². The Morgan fingerprint density at radius 1 is 1.24 bits per heavy atom. The summed E-state index contributed by atoms with van der Waals surface area (Å²) in [4.78, 5) is 4.21. The van der Waals surface area contributed by atoms with Gasteiger partial charge in [-0.3, -0.25) is 10.1 Å². The molecule has 0 amide bonds. The maximum atomic E-state index is 5.72. The summed E-state index contributed by atoms with van der Waals surface area (Å²) in [5, 5.41) is 6.47. The normalized spacial score (nSPS) is 11.7. The number of pyridine rings is 1. The number of nitrogens with zero attached hydrogens (tertiary/aromatic N) is 1. The van der Waals surface area contributed by atoms with E-state index in [0.717, 1.165) is 5.69 Å². The Hall–Kier alpha value is -0.590. The lowest BCUT2D eigenvalue weighted by molar-refractivity contribution is 0.172. The van der Waals surface area contributed by atoms with Gasteiger partial charge in [0.2, 0.25) is 0 Å². The second-order valence-corrected chi connectivity index (χ2v) is 8.41. The van der Waals surface area contributed by atoms with Crippen LogP contribution in [0.3, 0.4) is 0 Å². The standard InChI is InChI=1S/C13H22N3O2PS2/c1-10(2)17-19(21,18-11(3)4)16-13(20)15-9-12-7-5-6-8-14-12/h5-8,10-11H,9H2,1-4H3,(H2,15,16,20,21). The molecule has 1 heterocycles. The molecule has 0 aliphatic rings. The molecule has 0 unspecified atom stereocenters. The first kappa shape index (κ1) is 18.5. The molecule has 118 valence electrons. The maximum absolute atomic E-state index is 5.72. The number of hydrogen-bond acceptors (Lipinski definition) is 5. The lowest BCUT2D eigenvalue weighted by Crippen LogP contribution is -2.35. The first-order chi connectivity index (χ1) is 9.81. The maximum Gasteiger partial charge on any atom is 0.289 e. The SMILES string of the molecule is CC(C)OP(=S)(NC(=S)NCc1ccccn1)OC(C)C. The van der Waals surface area contributed by atoms with Gasteiger partial charge in [-0.15, -0.1) is 0 Å². The first-order valence-electron chi connectivity index (χ1n) is 6.73. The van der Waals surface area contributed by atoms with Gasteiger partial charge < -0.3 is 14.4 Å². The van der Waals surface area contributed by atoms with Gasteiger partial charge in [0, 0.05) is 6.20 Å². The molecule has 0 bridgehead atoms. The highest BCUT2D eigenvalue weighted by atomic mass is 32.5. The number of aromatic nitrogens is 1. The molecule has 0 aliphatic heterocycles. The van der Waals surface area contributed by atoms with Crippen LogP contribution < -0.4 is 10.4 Å². The molecule has 0 fully saturated rings. The van der Waals surface area contributed by atoms with Crippen molar-refractivity contribution in [3.63, 3.8) is 0 Å². The highest BCUT2D eigenvalue weighted by Crippen LogP contribution is 2.46. The van der Waals surface area contributed by atoms with Gasteiger partial charge in [0.25, 0.3) is 6.64 Å². The number of hydrogen-bond donors (Lipinski definition) is 2. The molecular weight excluding hydrogens is 325 g/mol. The molecule has 21 heavy (non-hydrogen) atoms. The summed E-state index contributed by atoms with van der Waals surface area (Å²) >= 11 is 10.7. The number of thiocarbonyl (C=S) groups is 1. The molecule has 1 rings (SSSR count). The predicted octanol–water partition coefficient (Wildman–Crippen LogP) is 3.12. The van der Waals surface area contributed by atoms with Crippen molar-refractivity contribution in [2.45, 2.75) is 46.4 Å². The van der Waals surface area contributed by atoms with Crippen molar-refractivity contribution in [1.29, 1.82) is 0 Å². The van der Waals surface area contributed by atoms with E-state index in [0.29, 0.717) is 11.7 Å². The van der Waals surface area contributed by atoms with E-state index in [1.807, 2.05) is 45.9 Å². The van der Waals surface area contributed by atoms with Crippen molar-refractivity contribution in [3.05, 3.63) is 30.1 Å². The van der Waals surface area contributed by atoms with E-state index in [2.05, 4.69) is 15.4 Å². The molecule has 0 atom stereocenters. The average Bonchev–Trinajstić information content (AvgIpc) is 2.35. The van der Waals surface area contributed by atoms with Gasteiger partial charge in [-0.2, -0.15) is 0 Å². The molecule has 0 radical (unpaired) electrons. The van der Waals surface area contributed by atoms with Crippen LogP contribution in [-0.2, 0) is 27.4 Å². The summed E-state index contributed by atoms with van der Waals surface area (Å²) in [6.07, 6.45) is 1.66. The molecule has 0 aliphatic carbocycles. The topological polar surface area (TPSA) is 55.4 Å². The third-order valence-electron chi connectivity index (χ3n) is 2.09. The van der Waals surface area contributed by atoms with Crippen LogP contribution in [0.2, 0.25) is 0 Å². The smallest absolute Gasteiger partial charge is 0.289 e. The van der Waals surface area contributed by atoms with Gasteiger partial charge in [0.1, 0.15) is 0 Å². The molecule has 0 spiro atoms. The van der Waals surface area contributed by atoms with Crippen molar-refractivity contribution in [3.8, 4) is 0 Å². The summed E-state index contributed by atoms with van der Waals surface area (Å²) in [5.41, 5.74) is 0.893. The molecular formula is C13H22N3O2PS2. The van der Waals surface area contributed by atoms with Gasteiger partial charge in [-0.1, -0.05) is 6.07 Å². The van der Waals surface area contributed by atoms with Gasteiger partial charge >= 0.3 is 0 Å². The first-order valence-corrected chi connectivity index (χ1v) is 9.78. The second kappa shape index (κ2) is 8.76. The van der Waals surface area contributed by atoms with Crippen LogP contribution in [0.15, 0.2) is 24.4 Å². The van der Waals surface area contributed by atoms with Crippen molar-refractivity contribution in [2.75, 3.05) is 0 Å². The fraction of sp³-hybridized carbons (Fsp3) is 0.538. The minimum atomic E-state index is -2.65. The quantitative estimate of drug-likeness (QED) is 0.580. The van der Waals surface area contributed by atoms with Crippen LogP contribution in [-0.4, -0.2) is 22.3 Å². The van der Waals surface area contributed by atoms with Crippen molar-refractivity contribution in [2.24, 2.45) is 0 Å². The summed E-state index contributed by atoms with van der Waals surface area (Å²) in [6, 6.07) is 5.71. The number of rotatable bonds is 7. The van der Waals surface area contributed by atoms with Crippen LogP contribution in [0.5, 0.6) is 0 Å². The van der Waals surface area contributed by atoms with Crippen molar-refractivity contribution < 1.29 is 9.05 Å². The fourth-order valence-corrected chi connectivity index (χ4v) is 4.98. The van der Waals surface area contributed by atoms with Crippen LogP contribution in [0.4, 0.5) is 0 Å². The number of nitrogens with one attached hydrogen (secondary N) is 2. The molecule has 0 aromatic carbocycles. The Labute approximate surface area is 137 Å². The van der Waals surface area contributed by atoms with E-state index >= 15 is 0 Å². The van der Waals surface area contributed by atoms with E-state index in [-0.39, 0.29) is 12.2 Å². The molecule has 1 aromatic heterocycles. The zero-order valence-electron chi connectivity index (χ0n) is 12.7. The predicted molar refractivity (Wildman–Crippen MR) is 93.5 cm³/mol.